The molecule has 1 saturated heterocycles. The Bertz CT molecular complexity index is 749. The fourth-order valence-corrected chi connectivity index (χ4v) is 3.92. The number of hydrogen-bond donors (Lipinski definition) is 2. The zero-order valence-electron chi connectivity index (χ0n) is 16.4. The van der Waals surface area contributed by atoms with Crippen molar-refractivity contribution in [3.63, 3.8) is 0 Å². The number of aryl methyl sites for hydroxylation is 2. The van der Waals surface area contributed by atoms with Gasteiger partial charge in [0.2, 0.25) is 0 Å². The van der Waals surface area contributed by atoms with Crippen LogP contribution in [0.15, 0.2) is 29.5 Å². The van der Waals surface area contributed by atoms with Gasteiger partial charge < -0.3 is 15.4 Å². The predicted octanol–water partition coefficient (Wildman–Crippen LogP) is 2.96. The number of nitrogens with zero attached hydrogens (tertiary/aromatic N) is 1. The first-order valence-corrected chi connectivity index (χ1v) is 9.68. The molecule has 1 fully saturated rings. The van der Waals surface area contributed by atoms with Crippen LogP contribution in [0, 0.1) is 13.8 Å². The summed E-state index contributed by atoms with van der Waals surface area (Å²) in [5.41, 5.74) is 4.19. The number of nitrogens with one attached hydrogen (secondary N) is 2. The van der Waals surface area contributed by atoms with E-state index in [1.54, 1.807) is 0 Å². The second-order valence-electron chi connectivity index (χ2n) is 7.47. The highest BCUT2D eigenvalue weighted by Crippen LogP contribution is 2.31. The Labute approximate surface area is 161 Å². The molecule has 27 heavy (non-hydrogen) atoms. The van der Waals surface area contributed by atoms with Gasteiger partial charge in [-0.2, -0.15) is 0 Å². The number of urea groups is 1. The molecular formula is C21H29N3O3. The maximum Gasteiger partial charge on any atom is 0.338 e. The largest absolute Gasteiger partial charge is 0.466 e. The molecule has 146 valence electrons. The van der Waals surface area contributed by atoms with Gasteiger partial charge in [-0.05, 0) is 50.9 Å². The highest BCUT2D eigenvalue weighted by molar-refractivity contribution is 5.95. The molecule has 1 aromatic rings. The number of rotatable bonds is 4. The first-order chi connectivity index (χ1) is 13.0. The molecule has 2 aliphatic rings. The summed E-state index contributed by atoms with van der Waals surface area (Å²) in [5.74, 6) is -0.404. The molecule has 2 aliphatic heterocycles. The van der Waals surface area contributed by atoms with Crippen molar-refractivity contribution < 1.29 is 14.3 Å². The number of likely N-dealkylation sites (tertiary alicyclic amines) is 1. The molecule has 6 nitrogen and oxygen atoms in total. The van der Waals surface area contributed by atoms with Gasteiger partial charge >= 0.3 is 12.0 Å². The number of methoxy groups -OCH3 is 1. The van der Waals surface area contributed by atoms with E-state index in [2.05, 4.69) is 15.5 Å². The van der Waals surface area contributed by atoms with E-state index in [-0.39, 0.29) is 6.03 Å². The van der Waals surface area contributed by atoms with Crippen LogP contribution in [-0.2, 0) is 9.53 Å². The van der Waals surface area contributed by atoms with Crippen molar-refractivity contribution in [3.8, 4) is 0 Å². The highest BCUT2D eigenvalue weighted by atomic mass is 16.5. The van der Waals surface area contributed by atoms with E-state index in [0.29, 0.717) is 17.8 Å². The molecule has 1 atom stereocenters. The van der Waals surface area contributed by atoms with Crippen LogP contribution in [0.3, 0.4) is 0 Å². The summed E-state index contributed by atoms with van der Waals surface area (Å²) >= 11 is 0. The van der Waals surface area contributed by atoms with Gasteiger partial charge in [0.25, 0.3) is 0 Å². The Morgan fingerprint density at radius 1 is 1.19 bits per heavy atom. The number of amides is 2. The Morgan fingerprint density at radius 2 is 1.89 bits per heavy atom. The minimum Gasteiger partial charge on any atom is -0.466 e. The number of carbonyl (C=O) groups is 2. The zero-order valence-corrected chi connectivity index (χ0v) is 16.4. The molecule has 0 saturated carbocycles. The smallest absolute Gasteiger partial charge is 0.338 e. The van der Waals surface area contributed by atoms with E-state index < -0.39 is 12.0 Å². The third-order valence-corrected chi connectivity index (χ3v) is 5.39. The third-order valence-electron chi connectivity index (χ3n) is 5.39. The molecule has 2 N–H and O–H groups in total. The summed E-state index contributed by atoms with van der Waals surface area (Å²) in [6.07, 6.45) is 4.76. The summed E-state index contributed by atoms with van der Waals surface area (Å²) in [6, 6.07) is 5.29. The van der Waals surface area contributed by atoms with Crippen LogP contribution in [-0.4, -0.2) is 43.6 Å². The maximum atomic E-state index is 12.7. The van der Waals surface area contributed by atoms with Crippen LogP contribution in [0.2, 0.25) is 0 Å². The minimum absolute atomic E-state index is 0.279. The average Bonchev–Trinajstić information content (AvgIpc) is 2.91. The maximum absolute atomic E-state index is 12.7. The first kappa shape index (κ1) is 19.4. The van der Waals surface area contributed by atoms with E-state index in [1.165, 1.54) is 20.0 Å². The number of benzene rings is 1. The molecular weight excluding hydrogens is 342 g/mol. The van der Waals surface area contributed by atoms with E-state index in [4.69, 9.17) is 4.74 Å². The molecule has 0 bridgehead atoms. The Balaban J connectivity index is 2.01. The van der Waals surface area contributed by atoms with Crippen molar-refractivity contribution >= 4 is 12.0 Å². The van der Waals surface area contributed by atoms with Crippen LogP contribution in [0.25, 0.3) is 0 Å². The fraction of sp³-hybridized carbons (Fsp3) is 0.524. The predicted molar refractivity (Wildman–Crippen MR) is 104 cm³/mol. The van der Waals surface area contributed by atoms with E-state index in [9.17, 15) is 9.59 Å². The lowest BCUT2D eigenvalue weighted by Gasteiger charge is -2.32. The van der Waals surface area contributed by atoms with Gasteiger partial charge in [0, 0.05) is 12.2 Å². The van der Waals surface area contributed by atoms with Gasteiger partial charge in [0.15, 0.2) is 0 Å². The summed E-state index contributed by atoms with van der Waals surface area (Å²) in [7, 11) is 1.38. The standard InChI is InChI=1S/C21H29N3O3/c1-14-8-9-15(2)16(12-14)19-18(20(25)27-3)17(22-21(26)23-19)13-24-10-6-4-5-7-11-24/h8-9,12,19H,4-7,10-11,13H2,1-3H3,(H2,22,23,26). The fourth-order valence-electron chi connectivity index (χ4n) is 3.92. The lowest BCUT2D eigenvalue weighted by molar-refractivity contribution is -0.136. The summed E-state index contributed by atoms with van der Waals surface area (Å²) < 4.78 is 5.08. The summed E-state index contributed by atoms with van der Waals surface area (Å²) in [6.45, 7) is 6.52. The lowest BCUT2D eigenvalue weighted by Crippen LogP contribution is -2.48. The van der Waals surface area contributed by atoms with Crippen LogP contribution >= 0.6 is 0 Å². The monoisotopic (exact) mass is 371 g/mol. The normalized spacial score (nSPS) is 21.3. The molecule has 3 rings (SSSR count). The van der Waals surface area contributed by atoms with Crippen LogP contribution in [0.4, 0.5) is 4.79 Å². The molecule has 0 radical (unpaired) electrons. The lowest BCUT2D eigenvalue weighted by atomic mass is 9.91. The van der Waals surface area contributed by atoms with E-state index in [0.717, 1.165) is 42.6 Å². The molecule has 0 aliphatic carbocycles. The topological polar surface area (TPSA) is 70.7 Å². The first-order valence-electron chi connectivity index (χ1n) is 9.68. The SMILES string of the molecule is COC(=O)C1=C(CN2CCCCCC2)NC(=O)NC1c1cc(C)ccc1C. The minimum atomic E-state index is -0.506. The van der Waals surface area contributed by atoms with E-state index in [1.807, 2.05) is 32.0 Å². The number of carbonyl (C=O) groups excluding carboxylic acids is 2. The number of ether oxygens (including phenoxy) is 1. The molecule has 2 amide bonds. The Morgan fingerprint density at radius 3 is 2.56 bits per heavy atom. The van der Waals surface area contributed by atoms with Gasteiger partial charge in [-0.3, -0.25) is 4.90 Å². The quantitative estimate of drug-likeness (QED) is 0.799. The summed E-state index contributed by atoms with van der Waals surface area (Å²) in [5, 5.41) is 5.79. The molecule has 2 heterocycles. The van der Waals surface area contributed by atoms with Gasteiger partial charge in [-0.1, -0.05) is 36.6 Å². The Kier molecular flexibility index (Phi) is 6.16. The van der Waals surface area contributed by atoms with Crippen LogP contribution in [0.1, 0.15) is 48.4 Å². The van der Waals surface area contributed by atoms with Crippen molar-refractivity contribution in [1.29, 1.82) is 0 Å². The zero-order chi connectivity index (χ0) is 19.4. The van der Waals surface area contributed by atoms with Gasteiger partial charge in [0.05, 0.1) is 18.7 Å². The molecule has 1 aromatic carbocycles. The van der Waals surface area contributed by atoms with Crippen molar-refractivity contribution in [1.82, 2.24) is 15.5 Å². The highest BCUT2D eigenvalue weighted by Gasteiger charge is 2.34. The number of esters is 1. The van der Waals surface area contributed by atoms with Crippen molar-refractivity contribution in [3.05, 3.63) is 46.2 Å². The van der Waals surface area contributed by atoms with Crippen LogP contribution < -0.4 is 10.6 Å². The summed E-state index contributed by atoms with van der Waals surface area (Å²) in [4.78, 5) is 27.4. The third kappa shape index (κ3) is 4.50. The average molecular weight is 371 g/mol. The second kappa shape index (κ2) is 8.57. The van der Waals surface area contributed by atoms with Crippen molar-refractivity contribution in [2.24, 2.45) is 0 Å². The van der Waals surface area contributed by atoms with Crippen molar-refractivity contribution in [2.75, 3.05) is 26.7 Å². The van der Waals surface area contributed by atoms with Gasteiger partial charge in [-0.25, -0.2) is 9.59 Å². The van der Waals surface area contributed by atoms with E-state index >= 15 is 0 Å². The number of hydrogen-bond acceptors (Lipinski definition) is 4. The molecule has 6 heteroatoms. The van der Waals surface area contributed by atoms with Gasteiger partial charge in [0.1, 0.15) is 0 Å². The Hall–Kier alpha value is -2.34. The molecule has 0 aromatic heterocycles. The second-order valence-corrected chi connectivity index (χ2v) is 7.47. The van der Waals surface area contributed by atoms with Gasteiger partial charge in [-0.15, -0.1) is 0 Å². The van der Waals surface area contributed by atoms with Crippen molar-refractivity contribution in [2.45, 2.75) is 45.6 Å². The van der Waals surface area contributed by atoms with Crippen LogP contribution in [0.5, 0.6) is 0 Å². The molecule has 0 spiro atoms. The molecule has 1 unspecified atom stereocenters.